The van der Waals surface area contributed by atoms with Crippen LogP contribution in [0.25, 0.3) is 0 Å². The van der Waals surface area contributed by atoms with Crippen LogP contribution in [0.5, 0.6) is 0 Å². The zero-order valence-corrected chi connectivity index (χ0v) is 16.0. The third kappa shape index (κ3) is 5.57. The first kappa shape index (κ1) is 20.4. The zero-order chi connectivity index (χ0) is 20.6. The van der Waals surface area contributed by atoms with E-state index < -0.39 is 30.1 Å². The Bertz CT molecular complexity index is 841. The normalized spacial score (nSPS) is 16.8. The molecule has 0 aliphatic carbocycles. The van der Waals surface area contributed by atoms with Crippen molar-refractivity contribution < 1.29 is 24.2 Å². The second-order valence-corrected chi connectivity index (χ2v) is 6.96. The largest absolute Gasteiger partial charge is 0.548 e. The monoisotopic (exact) mass is 395 g/mol. The number of hydrogen-bond acceptors (Lipinski definition) is 5. The number of carboxylic acid groups (broad SMARTS) is 1. The van der Waals surface area contributed by atoms with Crippen molar-refractivity contribution in [1.82, 2.24) is 10.2 Å². The van der Waals surface area contributed by atoms with Crippen LogP contribution in [0.2, 0.25) is 0 Å². The number of carbonyl (C=O) groups excluding carboxylic acids is 3. The molecule has 0 bridgehead atoms. The molecule has 152 valence electrons. The summed E-state index contributed by atoms with van der Waals surface area (Å²) >= 11 is 0. The van der Waals surface area contributed by atoms with E-state index in [9.17, 15) is 19.5 Å². The van der Waals surface area contributed by atoms with Gasteiger partial charge in [-0.3, -0.25) is 9.69 Å². The molecule has 7 nitrogen and oxygen atoms in total. The fourth-order valence-electron chi connectivity index (χ4n) is 3.37. The van der Waals surface area contributed by atoms with Gasteiger partial charge in [0.2, 0.25) is 5.91 Å². The van der Waals surface area contributed by atoms with Gasteiger partial charge < -0.3 is 20.0 Å². The van der Waals surface area contributed by atoms with Crippen LogP contribution in [0.1, 0.15) is 24.0 Å². The van der Waals surface area contributed by atoms with Gasteiger partial charge in [-0.25, -0.2) is 4.79 Å². The minimum Gasteiger partial charge on any atom is -0.548 e. The Kier molecular flexibility index (Phi) is 6.84. The van der Waals surface area contributed by atoms with Crippen molar-refractivity contribution in [3.05, 3.63) is 71.8 Å². The third-order valence-electron chi connectivity index (χ3n) is 4.88. The van der Waals surface area contributed by atoms with Crippen molar-refractivity contribution in [3.63, 3.8) is 0 Å². The number of benzene rings is 2. The number of hydrogen-bond donors (Lipinski definition) is 1. The summed E-state index contributed by atoms with van der Waals surface area (Å²) < 4.78 is 5.32. The lowest BCUT2D eigenvalue weighted by molar-refractivity contribution is -0.308. The van der Waals surface area contributed by atoms with Gasteiger partial charge >= 0.3 is 6.09 Å². The average Bonchev–Trinajstić information content (AvgIpc) is 3.23. The van der Waals surface area contributed by atoms with Gasteiger partial charge in [0.15, 0.2) is 0 Å². The highest BCUT2D eigenvalue weighted by Crippen LogP contribution is 2.19. The maximum atomic E-state index is 12.7. The van der Waals surface area contributed by atoms with Gasteiger partial charge in [0, 0.05) is 6.54 Å². The number of carbonyl (C=O) groups is 3. The SMILES string of the molecule is O=C([O-])[C@H](Cc1ccccc1)NC(=O)[C@H]1CCCN1C(=O)OCc1ccccc1. The highest BCUT2D eigenvalue weighted by molar-refractivity contribution is 5.89. The fourth-order valence-corrected chi connectivity index (χ4v) is 3.37. The maximum Gasteiger partial charge on any atom is 0.410 e. The summed E-state index contributed by atoms with van der Waals surface area (Å²) in [6, 6.07) is 16.3. The number of nitrogens with one attached hydrogen (secondary N) is 1. The van der Waals surface area contributed by atoms with E-state index in [1.165, 1.54) is 4.90 Å². The molecule has 2 amide bonds. The maximum absolute atomic E-state index is 12.7. The molecule has 0 aromatic heterocycles. The first-order valence-electron chi connectivity index (χ1n) is 9.57. The Balaban J connectivity index is 1.59. The molecule has 0 spiro atoms. The quantitative estimate of drug-likeness (QED) is 0.761. The molecule has 0 unspecified atom stereocenters. The van der Waals surface area contributed by atoms with Crippen LogP contribution < -0.4 is 10.4 Å². The molecule has 1 heterocycles. The Morgan fingerprint density at radius 2 is 1.66 bits per heavy atom. The molecule has 1 aliphatic heterocycles. The standard InChI is InChI=1S/C22H24N2O5/c25-20(23-18(21(26)27)14-16-8-3-1-4-9-16)19-12-7-13-24(19)22(28)29-15-17-10-5-2-6-11-17/h1-6,8-11,18-19H,7,12-15H2,(H,23,25)(H,26,27)/p-1/t18-,19+/m0/s1. The van der Waals surface area contributed by atoms with Gasteiger partial charge in [0.1, 0.15) is 12.6 Å². The topological polar surface area (TPSA) is 98.8 Å². The smallest absolute Gasteiger partial charge is 0.410 e. The molecule has 0 saturated carbocycles. The molecule has 1 saturated heterocycles. The lowest BCUT2D eigenvalue weighted by Crippen LogP contribution is -2.54. The van der Waals surface area contributed by atoms with E-state index in [4.69, 9.17) is 4.74 Å². The van der Waals surface area contributed by atoms with Crippen molar-refractivity contribution in [3.8, 4) is 0 Å². The van der Waals surface area contributed by atoms with Crippen LogP contribution >= 0.6 is 0 Å². The predicted octanol–water partition coefficient (Wildman–Crippen LogP) is 1.26. The number of carboxylic acids is 1. The molecule has 2 atom stereocenters. The summed E-state index contributed by atoms with van der Waals surface area (Å²) in [7, 11) is 0. The fraction of sp³-hybridized carbons (Fsp3) is 0.318. The molecule has 1 N–H and O–H groups in total. The van der Waals surface area contributed by atoms with Crippen molar-refractivity contribution in [2.45, 2.75) is 38.0 Å². The number of ether oxygens (including phenoxy) is 1. The van der Waals surface area contributed by atoms with Crippen LogP contribution in [0.15, 0.2) is 60.7 Å². The molecule has 1 aliphatic rings. The first-order valence-corrected chi connectivity index (χ1v) is 9.57. The Morgan fingerprint density at radius 1 is 1.03 bits per heavy atom. The zero-order valence-electron chi connectivity index (χ0n) is 16.0. The number of aliphatic carboxylic acids is 1. The van der Waals surface area contributed by atoms with E-state index >= 15 is 0 Å². The van der Waals surface area contributed by atoms with Crippen molar-refractivity contribution >= 4 is 18.0 Å². The Labute approximate surface area is 169 Å². The molecule has 2 aromatic rings. The molecule has 2 aromatic carbocycles. The van der Waals surface area contributed by atoms with Crippen LogP contribution in [0.3, 0.4) is 0 Å². The van der Waals surface area contributed by atoms with Gasteiger partial charge in [-0.1, -0.05) is 60.7 Å². The molecule has 7 heteroatoms. The number of amides is 2. The van der Waals surface area contributed by atoms with Crippen molar-refractivity contribution in [1.29, 1.82) is 0 Å². The van der Waals surface area contributed by atoms with Crippen LogP contribution in [-0.4, -0.2) is 41.5 Å². The first-order chi connectivity index (χ1) is 14.0. The molecule has 1 fully saturated rings. The summed E-state index contributed by atoms with van der Waals surface area (Å²) in [4.78, 5) is 38.0. The van der Waals surface area contributed by atoms with Crippen LogP contribution in [-0.2, 0) is 27.4 Å². The van der Waals surface area contributed by atoms with Gasteiger partial charge in [-0.05, 0) is 30.4 Å². The minimum atomic E-state index is -1.36. The highest BCUT2D eigenvalue weighted by Gasteiger charge is 2.36. The number of likely N-dealkylation sites (tertiary alicyclic amines) is 1. The van der Waals surface area contributed by atoms with Gasteiger partial charge in [0.05, 0.1) is 12.0 Å². The Hall–Kier alpha value is -3.35. The van der Waals surface area contributed by atoms with Crippen molar-refractivity contribution in [2.75, 3.05) is 6.54 Å². The summed E-state index contributed by atoms with van der Waals surface area (Å²) in [5, 5.41) is 14.0. The summed E-state index contributed by atoms with van der Waals surface area (Å²) in [6.07, 6.45) is 0.629. The van der Waals surface area contributed by atoms with Gasteiger partial charge in [-0.2, -0.15) is 0 Å². The number of nitrogens with zero attached hydrogens (tertiary/aromatic N) is 1. The van der Waals surface area contributed by atoms with Gasteiger partial charge in [0.25, 0.3) is 0 Å². The molecule has 29 heavy (non-hydrogen) atoms. The lowest BCUT2D eigenvalue weighted by Gasteiger charge is -2.26. The van der Waals surface area contributed by atoms with Gasteiger partial charge in [-0.15, -0.1) is 0 Å². The summed E-state index contributed by atoms with van der Waals surface area (Å²) in [5.74, 6) is -1.87. The van der Waals surface area contributed by atoms with E-state index in [1.54, 1.807) is 24.3 Å². The minimum absolute atomic E-state index is 0.111. The van der Waals surface area contributed by atoms with E-state index in [2.05, 4.69) is 5.32 Å². The average molecular weight is 395 g/mol. The van der Waals surface area contributed by atoms with E-state index in [1.807, 2.05) is 36.4 Å². The lowest BCUT2D eigenvalue weighted by atomic mass is 10.1. The second-order valence-electron chi connectivity index (χ2n) is 6.96. The molecule has 3 rings (SSSR count). The van der Waals surface area contributed by atoms with Crippen LogP contribution in [0, 0.1) is 0 Å². The predicted molar refractivity (Wildman–Crippen MR) is 103 cm³/mol. The molecular formula is C22H23N2O5-. The second kappa shape index (κ2) is 9.73. The van der Waals surface area contributed by atoms with E-state index in [0.29, 0.717) is 19.4 Å². The highest BCUT2D eigenvalue weighted by atomic mass is 16.6. The third-order valence-corrected chi connectivity index (χ3v) is 4.88. The van der Waals surface area contributed by atoms with Crippen LogP contribution in [0.4, 0.5) is 4.79 Å². The molecular weight excluding hydrogens is 372 g/mol. The summed E-state index contributed by atoms with van der Waals surface area (Å²) in [6.45, 7) is 0.501. The Morgan fingerprint density at radius 3 is 2.28 bits per heavy atom. The number of rotatable bonds is 7. The van der Waals surface area contributed by atoms with Crippen molar-refractivity contribution in [2.24, 2.45) is 0 Å². The van der Waals surface area contributed by atoms with E-state index in [0.717, 1.165) is 11.1 Å². The van der Waals surface area contributed by atoms with E-state index in [-0.39, 0.29) is 13.0 Å². The molecule has 0 radical (unpaired) electrons. The summed E-state index contributed by atoms with van der Waals surface area (Å²) in [5.41, 5.74) is 1.62.